The van der Waals surface area contributed by atoms with Gasteiger partial charge in [-0.1, -0.05) is 0 Å². The van der Waals surface area contributed by atoms with Gasteiger partial charge < -0.3 is 15.2 Å². The van der Waals surface area contributed by atoms with Gasteiger partial charge in [0.25, 0.3) is 17.5 Å². The van der Waals surface area contributed by atoms with E-state index >= 15 is 0 Å². The van der Waals surface area contributed by atoms with Gasteiger partial charge in [0.2, 0.25) is 0 Å². The molecule has 0 unspecified atom stereocenters. The Morgan fingerprint density at radius 3 is 1.65 bits per heavy atom. The number of hydrogen-bond donors (Lipinski definition) is 4. The molecule has 0 atom stereocenters. The van der Waals surface area contributed by atoms with Crippen molar-refractivity contribution in [2.75, 3.05) is 0 Å². The minimum absolute atomic E-state index is 0. The molecule has 0 spiro atoms. The Kier molecular flexibility index (Phi) is 15.6. The second-order valence-corrected chi connectivity index (χ2v) is 2.33. The number of aromatic amines is 2. The standard InChI is InChI=1S/C4H4N2O2.2C2H4O2.Na.H/c7-3-1-2-5-4(8)6-3;2*1-2(3)4;;/h1-2H,(H2,5,6,7,8);2*1H3,(H,3,4);;. The average Bonchev–Trinajstić information content (AvgIpc) is 2.00. The van der Waals surface area contributed by atoms with Crippen molar-refractivity contribution in [2.24, 2.45) is 0 Å². The van der Waals surface area contributed by atoms with Gasteiger partial charge in [0.1, 0.15) is 0 Å². The van der Waals surface area contributed by atoms with Crippen LogP contribution in [-0.4, -0.2) is 61.7 Å². The Labute approximate surface area is 118 Å². The van der Waals surface area contributed by atoms with Crippen molar-refractivity contribution in [3.8, 4) is 0 Å². The van der Waals surface area contributed by atoms with Crippen LogP contribution in [0.2, 0.25) is 0 Å². The molecule has 0 fully saturated rings. The normalized spacial score (nSPS) is 7.18. The molecule has 17 heavy (non-hydrogen) atoms. The molecule has 1 aromatic heterocycles. The predicted molar refractivity (Wildman–Crippen MR) is 61.5 cm³/mol. The minimum atomic E-state index is -0.833. The van der Waals surface area contributed by atoms with Gasteiger partial charge in [-0.2, -0.15) is 0 Å². The molecule has 92 valence electrons. The summed E-state index contributed by atoms with van der Waals surface area (Å²) in [5.41, 5.74) is -0.855. The Morgan fingerprint density at radius 1 is 1.12 bits per heavy atom. The van der Waals surface area contributed by atoms with E-state index in [1.54, 1.807) is 0 Å². The van der Waals surface area contributed by atoms with E-state index in [4.69, 9.17) is 19.8 Å². The summed E-state index contributed by atoms with van der Waals surface area (Å²) in [5.74, 6) is -1.67. The van der Waals surface area contributed by atoms with E-state index in [2.05, 4.69) is 4.98 Å². The molecule has 0 aliphatic carbocycles. The second kappa shape index (κ2) is 12.7. The number of carboxylic acids is 2. The van der Waals surface area contributed by atoms with Crippen molar-refractivity contribution in [3.63, 3.8) is 0 Å². The zero-order valence-corrected chi connectivity index (χ0v) is 8.68. The Morgan fingerprint density at radius 2 is 1.47 bits per heavy atom. The molecule has 0 aliphatic heterocycles. The Bertz CT molecular complexity index is 393. The molecule has 0 amide bonds. The number of hydrogen-bond acceptors (Lipinski definition) is 4. The van der Waals surface area contributed by atoms with Gasteiger partial charge in [-0.05, 0) is 0 Å². The molecule has 1 aromatic rings. The zero-order valence-electron chi connectivity index (χ0n) is 8.68. The maximum atomic E-state index is 10.2. The van der Waals surface area contributed by atoms with Gasteiger partial charge in [-0.15, -0.1) is 0 Å². The first-order valence-corrected chi connectivity index (χ1v) is 3.92. The molecule has 0 bridgehead atoms. The molecule has 1 heterocycles. The van der Waals surface area contributed by atoms with Gasteiger partial charge >= 0.3 is 35.2 Å². The summed E-state index contributed by atoms with van der Waals surface area (Å²) in [6.45, 7) is 2.17. The summed E-state index contributed by atoms with van der Waals surface area (Å²) < 4.78 is 0. The van der Waals surface area contributed by atoms with E-state index in [-0.39, 0.29) is 35.1 Å². The molecule has 9 heteroatoms. The third kappa shape index (κ3) is 31.3. The Hall–Kier alpha value is -1.38. The van der Waals surface area contributed by atoms with Crippen molar-refractivity contribution in [1.82, 2.24) is 9.97 Å². The summed E-state index contributed by atoms with van der Waals surface area (Å²) in [6, 6.07) is 1.24. The van der Waals surface area contributed by atoms with Crippen LogP contribution < -0.4 is 11.2 Å². The van der Waals surface area contributed by atoms with Gasteiger partial charge in [-0.25, -0.2) is 4.79 Å². The first-order valence-electron chi connectivity index (χ1n) is 3.92. The number of carbonyl (C=O) groups is 2. The van der Waals surface area contributed by atoms with Crippen molar-refractivity contribution >= 4 is 41.5 Å². The van der Waals surface area contributed by atoms with Gasteiger partial charge in [0.15, 0.2) is 0 Å². The molecule has 8 nitrogen and oxygen atoms in total. The molecule has 1 rings (SSSR count). The number of rotatable bonds is 0. The maximum absolute atomic E-state index is 10.2. The molecule has 4 N–H and O–H groups in total. The fourth-order valence-electron chi connectivity index (χ4n) is 0.383. The van der Waals surface area contributed by atoms with Crippen LogP contribution in [0.15, 0.2) is 21.9 Å². The second-order valence-electron chi connectivity index (χ2n) is 2.33. The third-order valence-corrected chi connectivity index (χ3v) is 0.686. The molecule has 0 aliphatic rings. The molecule has 0 aromatic carbocycles. The summed E-state index contributed by atoms with van der Waals surface area (Å²) in [7, 11) is 0. The van der Waals surface area contributed by atoms with Gasteiger partial charge in [-0.3, -0.25) is 19.4 Å². The van der Waals surface area contributed by atoms with Crippen molar-refractivity contribution in [2.45, 2.75) is 13.8 Å². The number of nitrogens with one attached hydrogen (secondary N) is 2. The molecule has 0 saturated carbocycles. The summed E-state index contributed by atoms with van der Waals surface area (Å²) in [4.78, 5) is 42.7. The predicted octanol–water partition coefficient (Wildman–Crippen LogP) is -1.40. The van der Waals surface area contributed by atoms with Crippen LogP contribution in [0.5, 0.6) is 0 Å². The monoisotopic (exact) mass is 256 g/mol. The van der Waals surface area contributed by atoms with Crippen LogP contribution in [0.1, 0.15) is 13.8 Å². The first kappa shape index (κ1) is 21.0. The van der Waals surface area contributed by atoms with Crippen molar-refractivity contribution < 1.29 is 19.8 Å². The molecule has 0 radical (unpaired) electrons. The topological polar surface area (TPSA) is 140 Å². The number of aliphatic carboxylic acids is 2. The van der Waals surface area contributed by atoms with E-state index in [0.717, 1.165) is 13.8 Å². The molecular formula is C8H13N2NaO6. The molecular weight excluding hydrogens is 243 g/mol. The zero-order chi connectivity index (χ0) is 13.1. The van der Waals surface area contributed by atoms with E-state index in [9.17, 15) is 9.59 Å². The van der Waals surface area contributed by atoms with Crippen LogP contribution in [0.3, 0.4) is 0 Å². The Balaban J connectivity index is -0.000000189. The fourth-order valence-corrected chi connectivity index (χ4v) is 0.383. The van der Waals surface area contributed by atoms with Crippen LogP contribution >= 0.6 is 0 Å². The van der Waals surface area contributed by atoms with Gasteiger partial charge in [0, 0.05) is 26.1 Å². The summed E-state index contributed by atoms with van der Waals surface area (Å²) in [5, 5.41) is 14.8. The summed E-state index contributed by atoms with van der Waals surface area (Å²) >= 11 is 0. The fraction of sp³-hybridized carbons (Fsp3) is 0.250. The quantitative estimate of drug-likeness (QED) is 0.420. The SMILES string of the molecule is CC(=O)O.CC(=O)O.O=c1cc[nH]c(=O)[nH]1.[NaH]. The van der Waals surface area contributed by atoms with Gasteiger partial charge in [0.05, 0.1) is 0 Å². The van der Waals surface area contributed by atoms with Crippen LogP contribution in [0, 0.1) is 0 Å². The third-order valence-electron chi connectivity index (χ3n) is 0.686. The van der Waals surface area contributed by atoms with E-state index < -0.39 is 17.6 Å². The van der Waals surface area contributed by atoms with Crippen LogP contribution in [0.4, 0.5) is 0 Å². The first-order chi connectivity index (χ1) is 7.25. The van der Waals surface area contributed by atoms with Crippen LogP contribution in [-0.2, 0) is 9.59 Å². The van der Waals surface area contributed by atoms with E-state index in [1.807, 2.05) is 4.98 Å². The summed E-state index contributed by atoms with van der Waals surface area (Å²) in [6.07, 6.45) is 1.29. The van der Waals surface area contributed by atoms with E-state index in [1.165, 1.54) is 12.3 Å². The van der Waals surface area contributed by atoms with Crippen molar-refractivity contribution in [3.05, 3.63) is 33.1 Å². The number of H-pyrrole nitrogens is 2. The van der Waals surface area contributed by atoms with Crippen molar-refractivity contribution in [1.29, 1.82) is 0 Å². The van der Waals surface area contributed by atoms with Crippen LogP contribution in [0.25, 0.3) is 0 Å². The number of aromatic nitrogens is 2. The average molecular weight is 256 g/mol. The number of carboxylic acid groups (broad SMARTS) is 2. The van der Waals surface area contributed by atoms with E-state index in [0.29, 0.717) is 0 Å². The molecule has 0 saturated heterocycles.